The third-order valence-corrected chi connectivity index (χ3v) is 9.56. The number of aryl methyl sites for hydroxylation is 3. The predicted molar refractivity (Wildman–Crippen MR) is 179 cm³/mol. The molecule has 0 saturated heterocycles. The molecule has 2 aliphatic heterocycles. The second-order valence-corrected chi connectivity index (χ2v) is 12.4. The number of aliphatic carboxylic acids is 3. The van der Waals surface area contributed by atoms with E-state index in [0.29, 0.717) is 35.7 Å². The summed E-state index contributed by atoms with van der Waals surface area (Å²) in [4.78, 5) is 53.7. The lowest BCUT2D eigenvalue weighted by molar-refractivity contribution is -0.138. The highest BCUT2D eigenvalue weighted by atomic mass is 16.5. The van der Waals surface area contributed by atoms with Crippen LogP contribution in [-0.4, -0.2) is 59.8 Å². The van der Waals surface area contributed by atoms with Crippen molar-refractivity contribution in [2.24, 2.45) is 0 Å². The molecule has 8 bridgehead atoms. The molecule has 0 amide bonds. The number of carboxylic acids is 3. The molecule has 0 spiro atoms. The van der Waals surface area contributed by atoms with Crippen molar-refractivity contribution in [1.29, 1.82) is 0 Å². The van der Waals surface area contributed by atoms with Gasteiger partial charge in [0.1, 0.15) is 0 Å². The molecule has 5 N–H and O–H groups in total. The smallest absolute Gasteiger partial charge is 0.338 e. The van der Waals surface area contributed by atoms with E-state index in [0.717, 1.165) is 44.3 Å². The zero-order chi connectivity index (χ0) is 34.3. The second-order valence-electron chi connectivity index (χ2n) is 12.4. The van der Waals surface area contributed by atoms with Crippen molar-refractivity contribution in [3.8, 4) is 0 Å². The number of ether oxygens (including phenoxy) is 1. The van der Waals surface area contributed by atoms with E-state index in [-0.39, 0.29) is 41.7 Å². The second kappa shape index (κ2) is 13.2. The minimum atomic E-state index is -1.23. The van der Waals surface area contributed by atoms with Crippen LogP contribution < -0.4 is 0 Å². The molecule has 0 saturated carbocycles. The molecule has 3 aromatic heterocycles. The summed E-state index contributed by atoms with van der Waals surface area (Å²) in [6, 6.07) is 5.81. The third-order valence-electron chi connectivity index (χ3n) is 9.56. The Hall–Kier alpha value is -4.77. The normalized spacial score (nSPS) is 16.8. The first-order valence-corrected chi connectivity index (χ1v) is 16.0. The molecule has 3 atom stereocenters. The highest BCUT2D eigenvalue weighted by Gasteiger charge is 2.35. The maximum absolute atomic E-state index is 12.7. The topological polar surface area (TPSA) is 178 Å². The SMILES string of the molecule is CCOC(C)c1c(C)c2cc3nc(c(CC(=O)O)c4nc(cc5[nH]c(cc1[nH]2)c(C)c5CC)C(C)=C4C(=O)O)[C@@H](CCC(=O)O)[C@@H]3C. The molecule has 2 aliphatic rings. The first-order chi connectivity index (χ1) is 22.3. The van der Waals surface area contributed by atoms with E-state index in [4.69, 9.17) is 14.7 Å². The lowest BCUT2D eigenvalue weighted by Crippen LogP contribution is -2.13. The minimum absolute atomic E-state index is 0.0440. The van der Waals surface area contributed by atoms with Gasteiger partial charge in [0.15, 0.2) is 0 Å². The Morgan fingerprint density at radius 3 is 2.19 bits per heavy atom. The van der Waals surface area contributed by atoms with Gasteiger partial charge in [0, 0.05) is 63.8 Å². The Morgan fingerprint density at radius 1 is 0.894 bits per heavy atom. The van der Waals surface area contributed by atoms with Gasteiger partial charge in [-0.25, -0.2) is 9.78 Å². The van der Waals surface area contributed by atoms with Crippen molar-refractivity contribution in [3.63, 3.8) is 0 Å². The van der Waals surface area contributed by atoms with E-state index in [2.05, 4.69) is 23.0 Å². The van der Waals surface area contributed by atoms with Gasteiger partial charge in [0.2, 0.25) is 0 Å². The summed E-state index contributed by atoms with van der Waals surface area (Å²) in [6.45, 7) is 14.2. The van der Waals surface area contributed by atoms with Gasteiger partial charge in [-0.2, -0.15) is 0 Å². The number of nitrogens with one attached hydrogen (secondary N) is 2. The molecule has 0 radical (unpaired) electrons. The summed E-state index contributed by atoms with van der Waals surface area (Å²) in [5.41, 5.74) is 9.34. The van der Waals surface area contributed by atoms with Gasteiger partial charge in [-0.3, -0.25) is 14.6 Å². The largest absolute Gasteiger partial charge is 0.481 e. The number of hydrogen-bond donors (Lipinski definition) is 5. The van der Waals surface area contributed by atoms with Crippen LogP contribution in [0.3, 0.4) is 0 Å². The van der Waals surface area contributed by atoms with Crippen molar-refractivity contribution in [2.75, 3.05) is 6.61 Å². The number of carboxylic acid groups (broad SMARTS) is 3. The molecule has 5 rings (SSSR count). The number of carbonyl (C=O) groups is 3. The van der Waals surface area contributed by atoms with E-state index in [9.17, 15) is 29.7 Å². The molecule has 1 unspecified atom stereocenters. The Balaban J connectivity index is 2.03. The van der Waals surface area contributed by atoms with Crippen LogP contribution in [0.25, 0.3) is 33.2 Å². The lowest BCUT2D eigenvalue weighted by atomic mass is 9.84. The predicted octanol–water partition coefficient (Wildman–Crippen LogP) is 6.99. The number of hydrogen-bond acceptors (Lipinski definition) is 6. The molecule has 3 aromatic rings. The minimum Gasteiger partial charge on any atom is -0.481 e. The Bertz CT molecular complexity index is 1980. The van der Waals surface area contributed by atoms with Crippen LogP contribution in [0.1, 0.15) is 116 Å². The summed E-state index contributed by atoms with van der Waals surface area (Å²) in [5.74, 6) is -4.15. The van der Waals surface area contributed by atoms with Crippen LogP contribution in [0.15, 0.2) is 18.2 Å². The van der Waals surface area contributed by atoms with Crippen molar-refractivity contribution in [3.05, 3.63) is 68.8 Å². The van der Waals surface area contributed by atoms with Crippen molar-refractivity contribution < 1.29 is 34.4 Å². The number of aromatic nitrogens is 4. The van der Waals surface area contributed by atoms with Crippen molar-refractivity contribution >= 4 is 51.1 Å². The number of allylic oxidation sites excluding steroid dienone is 1. The summed E-state index contributed by atoms with van der Waals surface area (Å²) in [6.07, 6.45) is -0.00583. The third kappa shape index (κ3) is 6.19. The van der Waals surface area contributed by atoms with Gasteiger partial charge in [-0.1, -0.05) is 13.8 Å². The first-order valence-electron chi connectivity index (χ1n) is 16.0. The first kappa shape index (κ1) is 33.6. The Labute approximate surface area is 272 Å². The Kier molecular flexibility index (Phi) is 9.40. The van der Waals surface area contributed by atoms with Crippen molar-refractivity contribution in [2.45, 2.75) is 92.1 Å². The summed E-state index contributed by atoms with van der Waals surface area (Å²) in [5, 5.41) is 30.1. The monoisotopic (exact) mass is 642 g/mol. The fourth-order valence-corrected chi connectivity index (χ4v) is 7.12. The fourth-order valence-electron chi connectivity index (χ4n) is 7.12. The van der Waals surface area contributed by atoms with Gasteiger partial charge < -0.3 is 30.0 Å². The molecule has 0 aromatic carbocycles. The Morgan fingerprint density at radius 2 is 1.57 bits per heavy atom. The average molecular weight is 643 g/mol. The number of aromatic amines is 2. The maximum Gasteiger partial charge on any atom is 0.338 e. The number of nitrogens with zero attached hydrogens (tertiary/aromatic N) is 2. The molecule has 11 heteroatoms. The van der Waals surface area contributed by atoms with Crippen LogP contribution >= 0.6 is 0 Å². The van der Waals surface area contributed by atoms with Gasteiger partial charge in [0.05, 0.1) is 35.2 Å². The summed E-state index contributed by atoms with van der Waals surface area (Å²) in [7, 11) is 0. The molecular formula is C36H42N4O7. The van der Waals surface area contributed by atoms with Gasteiger partial charge >= 0.3 is 17.9 Å². The lowest BCUT2D eigenvalue weighted by Gasteiger charge is -2.17. The van der Waals surface area contributed by atoms with E-state index in [1.54, 1.807) is 6.92 Å². The van der Waals surface area contributed by atoms with E-state index in [1.807, 2.05) is 46.8 Å². The van der Waals surface area contributed by atoms with Crippen LogP contribution in [0.5, 0.6) is 0 Å². The molecular weight excluding hydrogens is 600 g/mol. The molecule has 11 nitrogen and oxygen atoms in total. The summed E-state index contributed by atoms with van der Waals surface area (Å²) < 4.78 is 6.06. The standard InChI is InChI=1S/C36H42N4O7/c1-8-21-16(3)24-15-29-32(20(7)47-9-2)18(5)26(38-29)13-25-17(4)22(10-11-30(41)42)34(39-25)23(12-31(43)44)35-33(36(45)46)19(6)27(40-35)14-28(21)37-24/h13-15,17,20,22,37-38H,8-12H2,1-7H3,(H,41,42)(H,43,44)(H,45,46)/t17-,20?,22-/m0/s1. The van der Waals surface area contributed by atoms with Crippen LogP contribution in [0.2, 0.25) is 0 Å². The van der Waals surface area contributed by atoms with Crippen LogP contribution in [0, 0.1) is 13.8 Å². The summed E-state index contributed by atoms with van der Waals surface area (Å²) >= 11 is 0. The highest BCUT2D eigenvalue weighted by molar-refractivity contribution is 6.24. The van der Waals surface area contributed by atoms with E-state index < -0.39 is 30.2 Å². The number of H-pyrrole nitrogens is 2. The molecule has 47 heavy (non-hydrogen) atoms. The van der Waals surface area contributed by atoms with E-state index in [1.165, 1.54) is 0 Å². The van der Waals surface area contributed by atoms with Gasteiger partial charge in [0.25, 0.3) is 0 Å². The highest BCUT2D eigenvalue weighted by Crippen LogP contribution is 2.44. The molecule has 5 heterocycles. The zero-order valence-electron chi connectivity index (χ0n) is 27.9. The number of fused-ring (bicyclic) bond motifs is 8. The molecule has 0 aliphatic carbocycles. The fraction of sp³-hybridized carbons (Fsp3) is 0.417. The molecule has 0 fully saturated rings. The number of rotatable bonds is 10. The average Bonchev–Trinajstić information content (AvgIpc) is 3.68. The van der Waals surface area contributed by atoms with Crippen molar-refractivity contribution in [1.82, 2.24) is 19.9 Å². The van der Waals surface area contributed by atoms with Gasteiger partial charge in [-0.05, 0) is 87.9 Å². The van der Waals surface area contributed by atoms with Gasteiger partial charge in [-0.15, -0.1) is 0 Å². The van der Waals surface area contributed by atoms with Crippen LogP contribution in [0.4, 0.5) is 0 Å². The molecule has 248 valence electrons. The van der Waals surface area contributed by atoms with E-state index >= 15 is 0 Å². The van der Waals surface area contributed by atoms with Crippen LogP contribution in [-0.2, 0) is 32.0 Å². The maximum atomic E-state index is 12.7. The zero-order valence-corrected chi connectivity index (χ0v) is 27.9. The quantitative estimate of drug-likeness (QED) is 0.156.